The van der Waals surface area contributed by atoms with Gasteiger partial charge in [-0.3, -0.25) is 0 Å². The number of para-hydroxylation sites is 1. The summed E-state index contributed by atoms with van der Waals surface area (Å²) in [5.41, 5.74) is 10.7. The van der Waals surface area contributed by atoms with E-state index in [2.05, 4.69) is 205 Å². The zero-order valence-corrected chi connectivity index (χ0v) is 29.2. The number of nitrogens with zero attached hydrogens (tertiary/aromatic N) is 1. The van der Waals surface area contributed by atoms with Gasteiger partial charge in [0.2, 0.25) is 0 Å². The first kappa shape index (κ1) is 30.4. The summed E-state index contributed by atoms with van der Waals surface area (Å²) in [5, 5.41) is 7.52. The summed E-state index contributed by atoms with van der Waals surface area (Å²) in [4.78, 5) is 2.46. The maximum atomic E-state index is 2.46. The number of anilines is 3. The Hall–Kier alpha value is -6.48. The van der Waals surface area contributed by atoms with Gasteiger partial charge in [-0.05, 0) is 104 Å². The molecule has 1 aromatic heterocycles. The third-order valence-corrected chi connectivity index (χ3v) is 11.3. The largest absolute Gasteiger partial charge is 0.309 e. The molecule has 9 aromatic carbocycles. The molecule has 2 heteroatoms. The molecule has 0 N–H and O–H groups in total. The predicted molar refractivity (Wildman–Crippen MR) is 225 cm³/mol. The van der Waals surface area contributed by atoms with E-state index in [-0.39, 0.29) is 0 Å². The molecular weight excluding hydrogens is 647 g/mol. The molecular formula is C50H33NS. The Bertz CT molecular complexity index is 2920. The maximum Gasteiger partial charge on any atom is 0.0555 e. The molecule has 0 amide bonds. The van der Waals surface area contributed by atoms with Crippen molar-refractivity contribution >= 4 is 70.1 Å². The van der Waals surface area contributed by atoms with Crippen LogP contribution in [0, 0.1) is 0 Å². The van der Waals surface area contributed by atoms with Crippen molar-refractivity contribution in [2.45, 2.75) is 0 Å². The lowest BCUT2D eigenvalue weighted by Crippen LogP contribution is -2.11. The van der Waals surface area contributed by atoms with E-state index in [1.807, 2.05) is 11.3 Å². The van der Waals surface area contributed by atoms with Gasteiger partial charge in [0.25, 0.3) is 0 Å². The van der Waals surface area contributed by atoms with Crippen LogP contribution < -0.4 is 4.90 Å². The summed E-state index contributed by atoms with van der Waals surface area (Å²) in [6.07, 6.45) is 0. The Labute approximate surface area is 307 Å². The highest BCUT2D eigenvalue weighted by Gasteiger charge is 2.21. The van der Waals surface area contributed by atoms with Crippen LogP contribution in [0.15, 0.2) is 200 Å². The molecule has 0 radical (unpaired) electrons. The van der Waals surface area contributed by atoms with Crippen molar-refractivity contribution in [2.75, 3.05) is 4.90 Å². The van der Waals surface area contributed by atoms with Crippen LogP contribution in [0.4, 0.5) is 17.1 Å². The zero-order chi connectivity index (χ0) is 34.4. The molecule has 0 saturated carbocycles. The molecule has 0 unspecified atom stereocenters. The Morgan fingerprint density at radius 3 is 1.73 bits per heavy atom. The highest BCUT2D eigenvalue weighted by Crippen LogP contribution is 2.47. The van der Waals surface area contributed by atoms with Gasteiger partial charge in [-0.2, -0.15) is 0 Å². The second-order valence-electron chi connectivity index (χ2n) is 13.4. The summed E-state index contributed by atoms with van der Waals surface area (Å²) in [5.74, 6) is 0. The molecule has 0 aliphatic heterocycles. The highest BCUT2D eigenvalue weighted by molar-refractivity contribution is 7.26. The molecule has 10 aromatic rings. The minimum atomic E-state index is 1.13. The van der Waals surface area contributed by atoms with E-state index in [9.17, 15) is 0 Å². The third kappa shape index (κ3) is 5.33. The fourth-order valence-corrected chi connectivity index (χ4v) is 8.81. The molecule has 1 nitrogen and oxygen atoms in total. The van der Waals surface area contributed by atoms with Crippen molar-refractivity contribution in [3.8, 4) is 33.4 Å². The first-order valence-electron chi connectivity index (χ1n) is 17.8. The number of fused-ring (bicyclic) bond motifs is 5. The Kier molecular flexibility index (Phi) is 7.41. The van der Waals surface area contributed by atoms with E-state index in [1.54, 1.807) is 0 Å². The number of hydrogen-bond donors (Lipinski definition) is 0. The molecule has 0 atom stereocenters. The van der Waals surface area contributed by atoms with Crippen LogP contribution in [-0.4, -0.2) is 0 Å². The molecule has 0 aliphatic rings. The van der Waals surface area contributed by atoms with Crippen LogP contribution in [0.1, 0.15) is 0 Å². The van der Waals surface area contributed by atoms with E-state index in [0.717, 1.165) is 11.4 Å². The monoisotopic (exact) mass is 679 g/mol. The van der Waals surface area contributed by atoms with Gasteiger partial charge >= 0.3 is 0 Å². The van der Waals surface area contributed by atoms with E-state index >= 15 is 0 Å². The van der Waals surface area contributed by atoms with Gasteiger partial charge in [-0.15, -0.1) is 11.3 Å². The van der Waals surface area contributed by atoms with Gasteiger partial charge in [0.15, 0.2) is 0 Å². The highest BCUT2D eigenvalue weighted by atomic mass is 32.1. The first-order chi connectivity index (χ1) is 25.8. The third-order valence-electron chi connectivity index (χ3n) is 10.2. The second-order valence-corrected chi connectivity index (χ2v) is 14.4. The van der Waals surface area contributed by atoms with Crippen molar-refractivity contribution in [2.24, 2.45) is 0 Å². The fourth-order valence-electron chi connectivity index (χ4n) is 7.68. The van der Waals surface area contributed by atoms with Gasteiger partial charge in [-0.1, -0.05) is 146 Å². The van der Waals surface area contributed by atoms with Gasteiger partial charge in [0.1, 0.15) is 0 Å². The SMILES string of the molecule is c1ccc(-c2ccccc2N(c2ccc3cc(-c4cccc(-c5ccc6ccccc6c5)c4)ccc3c2)c2cccc3sc4ccccc4c23)cc1. The standard InChI is InChI=1S/C50H33NS/c1-2-13-35(14-3-1)44-18-6-8-20-46(44)51(47-21-11-23-49-50(47)45-19-7-9-22-48(45)52-49)43-29-28-41-32-40(26-27-42(41)33-43)38-17-10-16-37(31-38)39-25-24-34-12-4-5-15-36(34)30-39/h1-33H. The van der Waals surface area contributed by atoms with Gasteiger partial charge in [-0.25, -0.2) is 0 Å². The van der Waals surface area contributed by atoms with E-state index in [0.29, 0.717) is 0 Å². The Morgan fingerprint density at radius 2 is 0.885 bits per heavy atom. The molecule has 10 rings (SSSR count). The number of rotatable bonds is 6. The lowest BCUT2D eigenvalue weighted by atomic mass is 9.96. The van der Waals surface area contributed by atoms with Crippen LogP contribution in [-0.2, 0) is 0 Å². The topological polar surface area (TPSA) is 3.24 Å². The first-order valence-corrected chi connectivity index (χ1v) is 18.6. The van der Waals surface area contributed by atoms with Crippen molar-refractivity contribution in [1.82, 2.24) is 0 Å². The van der Waals surface area contributed by atoms with Crippen molar-refractivity contribution < 1.29 is 0 Å². The number of hydrogen-bond acceptors (Lipinski definition) is 2. The minimum absolute atomic E-state index is 1.13. The molecule has 0 aliphatic carbocycles. The van der Waals surface area contributed by atoms with Crippen molar-refractivity contribution in [3.63, 3.8) is 0 Å². The molecule has 0 bridgehead atoms. The average molecular weight is 680 g/mol. The van der Waals surface area contributed by atoms with Gasteiger partial charge in [0.05, 0.1) is 11.4 Å². The summed E-state index contributed by atoms with van der Waals surface area (Å²) >= 11 is 1.86. The fraction of sp³-hybridized carbons (Fsp3) is 0. The zero-order valence-electron chi connectivity index (χ0n) is 28.4. The number of thiophene rings is 1. The minimum Gasteiger partial charge on any atom is -0.309 e. The molecule has 0 fully saturated rings. The Morgan fingerprint density at radius 1 is 0.327 bits per heavy atom. The summed E-state index contributed by atoms with van der Waals surface area (Å²) < 4.78 is 2.59. The smallest absolute Gasteiger partial charge is 0.0555 e. The second kappa shape index (κ2) is 12.7. The van der Waals surface area contributed by atoms with E-state index < -0.39 is 0 Å². The van der Waals surface area contributed by atoms with Crippen molar-refractivity contribution in [1.29, 1.82) is 0 Å². The molecule has 52 heavy (non-hydrogen) atoms. The summed E-state index contributed by atoms with van der Waals surface area (Å²) in [7, 11) is 0. The molecule has 0 saturated heterocycles. The molecule has 0 spiro atoms. The van der Waals surface area contributed by atoms with Gasteiger partial charge in [0, 0.05) is 31.4 Å². The van der Waals surface area contributed by atoms with Gasteiger partial charge < -0.3 is 4.90 Å². The van der Waals surface area contributed by atoms with Crippen LogP contribution >= 0.6 is 11.3 Å². The van der Waals surface area contributed by atoms with Crippen LogP contribution in [0.25, 0.3) is 75.1 Å². The summed E-state index contributed by atoms with van der Waals surface area (Å²) in [6.45, 7) is 0. The Balaban J connectivity index is 1.11. The average Bonchev–Trinajstić information content (AvgIpc) is 3.61. The van der Waals surface area contributed by atoms with Crippen LogP contribution in [0.3, 0.4) is 0 Å². The normalized spacial score (nSPS) is 11.5. The lowest BCUT2D eigenvalue weighted by molar-refractivity contribution is 1.31. The summed E-state index contributed by atoms with van der Waals surface area (Å²) in [6, 6.07) is 73.0. The van der Waals surface area contributed by atoms with Crippen molar-refractivity contribution in [3.05, 3.63) is 200 Å². The quantitative estimate of drug-likeness (QED) is 0.169. The van der Waals surface area contributed by atoms with Crippen LogP contribution in [0.5, 0.6) is 0 Å². The van der Waals surface area contributed by atoms with E-state index in [4.69, 9.17) is 0 Å². The lowest BCUT2D eigenvalue weighted by Gasteiger charge is -2.29. The predicted octanol–water partition coefficient (Wildman–Crippen LogP) is 14.8. The van der Waals surface area contributed by atoms with Crippen LogP contribution in [0.2, 0.25) is 0 Å². The van der Waals surface area contributed by atoms with E-state index in [1.165, 1.54) is 80.8 Å². The maximum absolute atomic E-state index is 2.46. The molecule has 244 valence electrons. The number of benzene rings is 9. The molecule has 1 heterocycles.